The Morgan fingerprint density at radius 2 is 1.86 bits per heavy atom. The van der Waals surface area contributed by atoms with Gasteiger partial charge < -0.3 is 10.2 Å². The maximum absolute atomic E-state index is 9.17. The van der Waals surface area contributed by atoms with Crippen molar-refractivity contribution in [2.45, 2.75) is 5.91 Å². The number of benzene rings is 1. The zero-order valence-corrected chi connectivity index (χ0v) is 7.94. The number of hydrogen-bond donors (Lipinski definition) is 3. The molecule has 14 heavy (non-hydrogen) atoms. The van der Waals surface area contributed by atoms with Crippen LogP contribution in [-0.2, 0) is 0 Å². The van der Waals surface area contributed by atoms with Crippen LogP contribution in [0.1, 0.15) is 0 Å². The summed E-state index contributed by atoms with van der Waals surface area (Å²) in [6, 6.07) is 6.98. The summed E-state index contributed by atoms with van der Waals surface area (Å²) >= 11 is 5.72. The lowest BCUT2D eigenvalue weighted by atomic mass is 10.3. The number of anilines is 1. The molecule has 0 radical (unpaired) electrons. The van der Waals surface area contributed by atoms with Crippen LogP contribution in [0, 0.1) is 0 Å². The minimum Gasteiger partial charge on any atom is -0.349 e. The third-order valence-corrected chi connectivity index (χ3v) is 2.10. The first-order valence-electron chi connectivity index (χ1n) is 4.03. The third-order valence-electron chi connectivity index (χ3n) is 1.85. The van der Waals surface area contributed by atoms with Crippen molar-refractivity contribution in [3.05, 3.63) is 41.6 Å². The number of aliphatic hydroxyl groups is 2. The van der Waals surface area contributed by atoms with Crippen LogP contribution in [0.4, 0.5) is 5.69 Å². The number of nitrogens with zero attached hydrogens (tertiary/aromatic N) is 1. The smallest absolute Gasteiger partial charge is 0.262 e. The van der Waals surface area contributed by atoms with Crippen LogP contribution in [0.3, 0.4) is 0 Å². The Morgan fingerprint density at radius 3 is 2.36 bits per heavy atom. The van der Waals surface area contributed by atoms with E-state index in [1.807, 2.05) is 0 Å². The zero-order chi connectivity index (χ0) is 10.2. The summed E-state index contributed by atoms with van der Waals surface area (Å²) in [5.74, 6) is -1.97. The molecule has 1 aliphatic rings. The molecule has 0 bridgehead atoms. The quantitative estimate of drug-likeness (QED) is 0.604. The number of nitrogens with one attached hydrogen (secondary N) is 1. The highest BCUT2D eigenvalue weighted by Gasteiger charge is 2.27. The lowest BCUT2D eigenvalue weighted by Crippen LogP contribution is -2.46. The molecule has 0 aliphatic carbocycles. The van der Waals surface area contributed by atoms with Gasteiger partial charge in [-0.05, 0) is 24.3 Å². The van der Waals surface area contributed by atoms with Gasteiger partial charge in [-0.25, -0.2) is 0 Å². The Labute approximate surface area is 86.0 Å². The molecule has 4 nitrogen and oxygen atoms in total. The highest BCUT2D eigenvalue weighted by molar-refractivity contribution is 6.30. The first kappa shape index (κ1) is 9.48. The molecule has 0 unspecified atom stereocenters. The Kier molecular flexibility index (Phi) is 2.20. The van der Waals surface area contributed by atoms with Crippen LogP contribution >= 0.6 is 11.6 Å². The second-order valence-corrected chi connectivity index (χ2v) is 3.44. The summed E-state index contributed by atoms with van der Waals surface area (Å²) in [5.41, 5.74) is 3.23. The third kappa shape index (κ3) is 1.88. The van der Waals surface area contributed by atoms with E-state index in [1.54, 1.807) is 24.3 Å². The van der Waals surface area contributed by atoms with Gasteiger partial charge in [0.05, 0.1) is 5.69 Å². The van der Waals surface area contributed by atoms with E-state index < -0.39 is 5.91 Å². The second-order valence-electron chi connectivity index (χ2n) is 3.00. The molecular weight excluding hydrogens is 204 g/mol. The van der Waals surface area contributed by atoms with Crippen molar-refractivity contribution in [1.82, 2.24) is 5.43 Å². The van der Waals surface area contributed by atoms with Crippen LogP contribution < -0.4 is 10.4 Å². The van der Waals surface area contributed by atoms with Gasteiger partial charge in [0.1, 0.15) is 0 Å². The van der Waals surface area contributed by atoms with E-state index in [-0.39, 0.29) is 0 Å². The maximum Gasteiger partial charge on any atom is 0.262 e. The van der Waals surface area contributed by atoms with Gasteiger partial charge >= 0.3 is 0 Å². The van der Waals surface area contributed by atoms with Gasteiger partial charge in [0, 0.05) is 17.3 Å². The van der Waals surface area contributed by atoms with Gasteiger partial charge in [-0.1, -0.05) is 11.6 Å². The van der Waals surface area contributed by atoms with E-state index in [9.17, 15) is 10.2 Å². The van der Waals surface area contributed by atoms with Crippen molar-refractivity contribution in [3.8, 4) is 0 Å². The predicted molar refractivity (Wildman–Crippen MR) is 53.4 cm³/mol. The predicted octanol–water partition coefficient (Wildman–Crippen LogP) is 0.817. The molecule has 0 saturated carbocycles. The molecule has 1 aromatic rings. The Bertz CT molecular complexity index is 362. The van der Waals surface area contributed by atoms with Gasteiger partial charge in [0.25, 0.3) is 5.91 Å². The van der Waals surface area contributed by atoms with E-state index in [0.29, 0.717) is 5.02 Å². The molecule has 1 aromatic carbocycles. The summed E-state index contributed by atoms with van der Waals surface area (Å²) < 4.78 is 0. The molecule has 74 valence electrons. The molecule has 0 saturated heterocycles. The number of hydrazine groups is 1. The molecule has 0 amide bonds. The number of hydrogen-bond acceptors (Lipinski definition) is 4. The largest absolute Gasteiger partial charge is 0.349 e. The zero-order valence-electron chi connectivity index (χ0n) is 7.18. The Balaban J connectivity index is 2.19. The molecule has 3 N–H and O–H groups in total. The van der Waals surface area contributed by atoms with E-state index >= 15 is 0 Å². The number of halogens is 1. The minimum atomic E-state index is -1.97. The van der Waals surface area contributed by atoms with Crippen molar-refractivity contribution in [3.63, 3.8) is 0 Å². The molecule has 2 rings (SSSR count). The van der Waals surface area contributed by atoms with Gasteiger partial charge in [-0.15, -0.1) is 0 Å². The monoisotopic (exact) mass is 212 g/mol. The minimum absolute atomic E-state index is 0.635. The highest BCUT2D eigenvalue weighted by Crippen LogP contribution is 2.20. The van der Waals surface area contributed by atoms with E-state index in [2.05, 4.69) is 5.43 Å². The summed E-state index contributed by atoms with van der Waals surface area (Å²) in [6.07, 6.45) is 2.77. The Morgan fingerprint density at radius 1 is 1.21 bits per heavy atom. The standard InChI is InChI=1S/C9H9ClN2O2/c10-7-1-3-8(4-2-7)12-6-5-9(13,14)11-12/h1-6,11,13-14H. The van der Waals surface area contributed by atoms with Crippen LogP contribution in [0.25, 0.3) is 0 Å². The molecule has 0 fully saturated rings. The fourth-order valence-electron chi connectivity index (χ4n) is 1.18. The van der Waals surface area contributed by atoms with Crippen molar-refractivity contribution in [2.24, 2.45) is 0 Å². The summed E-state index contributed by atoms with van der Waals surface area (Å²) in [5, 5.41) is 20.5. The highest BCUT2D eigenvalue weighted by atomic mass is 35.5. The lowest BCUT2D eigenvalue weighted by Gasteiger charge is -2.21. The molecule has 1 heterocycles. The SMILES string of the molecule is OC1(O)C=CN(c2ccc(Cl)cc2)N1. The van der Waals surface area contributed by atoms with E-state index in [4.69, 9.17) is 11.6 Å². The first-order chi connectivity index (χ1) is 6.57. The summed E-state index contributed by atoms with van der Waals surface area (Å²) in [7, 11) is 0. The molecule has 5 heteroatoms. The lowest BCUT2D eigenvalue weighted by molar-refractivity contribution is -0.136. The van der Waals surface area contributed by atoms with E-state index in [1.165, 1.54) is 17.3 Å². The van der Waals surface area contributed by atoms with Crippen molar-refractivity contribution >= 4 is 17.3 Å². The van der Waals surface area contributed by atoms with Crippen molar-refractivity contribution in [1.29, 1.82) is 0 Å². The second kappa shape index (κ2) is 3.25. The average Bonchev–Trinajstić information content (AvgIpc) is 2.47. The normalized spacial score (nSPS) is 18.9. The van der Waals surface area contributed by atoms with Gasteiger partial charge in [-0.2, -0.15) is 5.43 Å². The average molecular weight is 213 g/mol. The first-order valence-corrected chi connectivity index (χ1v) is 4.41. The van der Waals surface area contributed by atoms with Crippen LogP contribution in [0.5, 0.6) is 0 Å². The van der Waals surface area contributed by atoms with Gasteiger partial charge in [0.2, 0.25) is 0 Å². The van der Waals surface area contributed by atoms with Crippen LogP contribution in [-0.4, -0.2) is 16.1 Å². The van der Waals surface area contributed by atoms with Crippen LogP contribution in [0.15, 0.2) is 36.5 Å². The fraction of sp³-hybridized carbons (Fsp3) is 0.111. The molecular formula is C9H9ClN2O2. The van der Waals surface area contributed by atoms with Gasteiger partial charge in [0.15, 0.2) is 0 Å². The fourth-order valence-corrected chi connectivity index (χ4v) is 1.31. The topological polar surface area (TPSA) is 55.7 Å². The number of rotatable bonds is 1. The maximum atomic E-state index is 9.17. The van der Waals surface area contributed by atoms with Gasteiger partial charge in [-0.3, -0.25) is 5.01 Å². The molecule has 0 aromatic heterocycles. The Hall–Kier alpha value is -1.07. The summed E-state index contributed by atoms with van der Waals surface area (Å²) in [4.78, 5) is 0. The summed E-state index contributed by atoms with van der Waals surface area (Å²) in [6.45, 7) is 0. The van der Waals surface area contributed by atoms with Crippen LogP contribution in [0.2, 0.25) is 5.02 Å². The van der Waals surface area contributed by atoms with Crippen molar-refractivity contribution < 1.29 is 10.2 Å². The van der Waals surface area contributed by atoms with Crippen molar-refractivity contribution in [2.75, 3.05) is 5.01 Å². The van der Waals surface area contributed by atoms with E-state index in [0.717, 1.165) is 5.69 Å². The molecule has 1 aliphatic heterocycles. The molecule has 0 spiro atoms. The molecule has 0 atom stereocenters.